The third-order valence-electron chi connectivity index (χ3n) is 10.9. The van der Waals surface area contributed by atoms with Crippen molar-refractivity contribution in [1.29, 1.82) is 0 Å². The van der Waals surface area contributed by atoms with Gasteiger partial charge in [0.25, 0.3) is 43.6 Å². The Morgan fingerprint density at radius 3 is 1.46 bits per heavy atom. The molecule has 3 aromatic carbocycles. The van der Waals surface area contributed by atoms with Gasteiger partial charge in [0.1, 0.15) is 41.0 Å². The van der Waals surface area contributed by atoms with Crippen molar-refractivity contribution in [1.82, 2.24) is 10.3 Å². The standard InChI is InChI=1S/C19H17Cl2N3O5S2.C19H20ClN3O4S2.C12H17NO.CH3O2S.Na/c1-9-6-10(2)16(12(7-9)13(25)8-20)22-18(26)17-14(4-5-30-17)31(27,28)24-19-15(21)11(3)23-29-19;1-5-13-9-10(2)8-11(3)16(13)21-18(24)17-14(6-7-28-17)29(25,26)23-19-15(20)12(4)22-27-19;1-4-5-11(14)10-7-8(2)6-9(3)12(10)13;1-4(2)3;/h4-7,24H,8H2,1-3H3,(H,22,26);6-9,23H,5H2,1-4H3,(H,21,24);6-7H,4-5,13H2,1-3H3;1H3;/q;;;-1;+1. The van der Waals surface area contributed by atoms with Crippen molar-refractivity contribution < 1.29 is 83.0 Å². The number of thiophene rings is 2. The third-order valence-corrected chi connectivity index (χ3v) is 16.9. The summed E-state index contributed by atoms with van der Waals surface area (Å²) in [6.07, 6.45) is 3.26. The number of nitrogens with one attached hydrogen (secondary N) is 4. The number of anilines is 5. The maximum atomic E-state index is 13.0. The van der Waals surface area contributed by atoms with Gasteiger partial charge in [0.05, 0.1) is 11.6 Å². The molecule has 79 heavy (non-hydrogen) atoms. The normalized spacial score (nSPS) is 10.9. The molecule has 0 fully saturated rings. The molecule has 0 atom stereocenters. The second-order valence-corrected chi connectivity index (χ2v) is 24.3. The molecular formula is C51H57Cl3N7NaO12S5. The zero-order valence-electron chi connectivity index (χ0n) is 45.1. The molecule has 0 bridgehead atoms. The van der Waals surface area contributed by atoms with Gasteiger partial charge >= 0.3 is 29.6 Å². The Labute approximate surface area is 506 Å². The molecule has 6 N–H and O–H groups in total. The summed E-state index contributed by atoms with van der Waals surface area (Å²) in [5.74, 6) is -2.10. The zero-order chi connectivity index (χ0) is 58.6. The topological polar surface area (TPSA) is 297 Å². The Hall–Kier alpha value is -5.12. The Morgan fingerprint density at radius 2 is 1.05 bits per heavy atom. The van der Waals surface area contributed by atoms with E-state index in [-0.39, 0.29) is 99.6 Å². The number of aromatic nitrogens is 2. The number of benzene rings is 3. The molecule has 4 heterocycles. The van der Waals surface area contributed by atoms with Gasteiger partial charge in [-0.15, -0.1) is 34.3 Å². The van der Waals surface area contributed by atoms with Gasteiger partial charge in [-0.05, 0) is 137 Å². The fraction of sp³-hybridized carbons (Fsp3) is 0.294. The molecule has 420 valence electrons. The van der Waals surface area contributed by atoms with Crippen LogP contribution < -0.4 is 55.4 Å². The number of amides is 2. The molecule has 7 aromatic rings. The van der Waals surface area contributed by atoms with Gasteiger partial charge in [-0.25, -0.2) is 26.3 Å². The number of hydrogen-bond donors (Lipinski definition) is 5. The van der Waals surface area contributed by atoms with Crippen LogP contribution in [0, 0.1) is 55.4 Å². The first-order chi connectivity index (χ1) is 36.5. The number of carbonyl (C=O) groups is 4. The SMILES string of the molecule is CCCC(=O)c1cc(C)cc(C)c1N.CCc1cc(C)cc(C)c1NC(=O)c1sccc1S(=O)(=O)Nc1onc(C)c1Cl.C[S-](=O)=O.Cc1cc(C)c(NC(=O)c2sccc2S(=O)(=O)Nc2onc(C)c2Cl)c(C(=O)CCl)c1.[Na+]. The fourth-order valence-electron chi connectivity index (χ4n) is 7.40. The Kier molecular flexibility index (Phi) is 26.0. The van der Waals surface area contributed by atoms with Gasteiger partial charge in [-0.1, -0.05) is 94.2 Å². The molecule has 0 aliphatic heterocycles. The quantitative estimate of drug-likeness (QED) is 0.0198. The van der Waals surface area contributed by atoms with E-state index < -0.39 is 42.6 Å². The molecule has 0 aliphatic rings. The second kappa shape index (κ2) is 30.1. The Balaban J connectivity index is 0.000000316. The van der Waals surface area contributed by atoms with Gasteiger partial charge in [0, 0.05) is 28.9 Å². The number of halogens is 3. The Bertz CT molecular complexity index is 3680. The summed E-state index contributed by atoms with van der Waals surface area (Å²) >= 11 is 19.6. The molecule has 0 radical (unpaired) electrons. The van der Waals surface area contributed by atoms with Crippen molar-refractivity contribution in [2.75, 3.05) is 37.9 Å². The molecule has 0 aliphatic carbocycles. The van der Waals surface area contributed by atoms with E-state index in [1.165, 1.54) is 17.5 Å². The summed E-state index contributed by atoms with van der Waals surface area (Å²) in [5.41, 5.74) is 15.6. The molecule has 0 saturated carbocycles. The predicted octanol–water partition coefficient (Wildman–Crippen LogP) is 9.52. The van der Waals surface area contributed by atoms with Crippen molar-refractivity contribution in [3.63, 3.8) is 0 Å². The summed E-state index contributed by atoms with van der Waals surface area (Å²) in [6.45, 7) is 18.5. The van der Waals surface area contributed by atoms with Crippen LogP contribution in [0.3, 0.4) is 0 Å². The molecule has 0 spiro atoms. The van der Waals surface area contributed by atoms with Crippen molar-refractivity contribution in [3.8, 4) is 0 Å². The maximum Gasteiger partial charge on any atom is 1.00 e. The molecular weight excluding hydrogens is 1190 g/mol. The number of carbonyl (C=O) groups excluding carboxylic acids is 4. The molecule has 7 rings (SSSR count). The van der Waals surface area contributed by atoms with Crippen LogP contribution in [0.1, 0.15) is 117 Å². The van der Waals surface area contributed by atoms with Gasteiger partial charge in [-0.3, -0.25) is 19.2 Å². The Morgan fingerprint density at radius 1 is 0.646 bits per heavy atom. The number of alkyl halides is 1. The summed E-state index contributed by atoms with van der Waals surface area (Å²) in [6, 6.07) is 13.9. The minimum absolute atomic E-state index is 0. The van der Waals surface area contributed by atoms with Gasteiger partial charge in [0.2, 0.25) is 0 Å². The summed E-state index contributed by atoms with van der Waals surface area (Å²) in [7, 11) is -10.2. The van der Waals surface area contributed by atoms with E-state index in [4.69, 9.17) is 58.0 Å². The molecule has 0 unspecified atom stereocenters. The van der Waals surface area contributed by atoms with Crippen LogP contribution >= 0.6 is 57.5 Å². The number of aryl methyl sites for hydroxylation is 9. The van der Waals surface area contributed by atoms with Crippen molar-refractivity contribution >= 4 is 140 Å². The average molecular weight is 1250 g/mol. The first-order valence-electron chi connectivity index (χ1n) is 23.3. The zero-order valence-corrected chi connectivity index (χ0v) is 53.5. The largest absolute Gasteiger partial charge is 1.00 e. The number of nitrogens with two attached hydrogens (primary N) is 1. The smallest absolute Gasteiger partial charge is 0.424 e. The number of Topliss-reactive ketones (excluding diaryl/α,β-unsaturated/α-hetero) is 2. The molecule has 4 aromatic heterocycles. The van der Waals surface area contributed by atoms with Crippen LogP contribution in [-0.4, -0.2) is 62.7 Å². The summed E-state index contributed by atoms with van der Waals surface area (Å²) < 4.78 is 83.5. The van der Waals surface area contributed by atoms with Crippen LogP contribution in [0.15, 0.2) is 78.1 Å². The van der Waals surface area contributed by atoms with Gasteiger partial charge < -0.3 is 33.8 Å². The fourth-order valence-corrected chi connectivity index (χ4v) is 12.5. The average Bonchev–Trinajstić information content (AvgIpc) is 4.21. The van der Waals surface area contributed by atoms with E-state index in [2.05, 4.69) is 30.4 Å². The molecule has 19 nitrogen and oxygen atoms in total. The van der Waals surface area contributed by atoms with E-state index in [1.54, 1.807) is 38.3 Å². The van der Waals surface area contributed by atoms with E-state index in [1.807, 2.05) is 72.7 Å². The second-order valence-electron chi connectivity index (χ2n) is 17.3. The van der Waals surface area contributed by atoms with Crippen molar-refractivity contribution in [2.24, 2.45) is 0 Å². The van der Waals surface area contributed by atoms with E-state index in [9.17, 15) is 36.0 Å². The first-order valence-corrected chi connectivity index (χ1v) is 30.8. The number of rotatable bonds is 16. The van der Waals surface area contributed by atoms with Crippen LogP contribution in [0.25, 0.3) is 0 Å². The van der Waals surface area contributed by atoms with E-state index >= 15 is 0 Å². The minimum Gasteiger partial charge on any atom is -0.424 e. The summed E-state index contributed by atoms with van der Waals surface area (Å²) in [5, 5.41) is 15.8. The van der Waals surface area contributed by atoms with E-state index in [0.717, 1.165) is 75.2 Å². The molecule has 2 amide bonds. The number of hydrogen-bond acceptors (Lipinski definition) is 18. The van der Waals surface area contributed by atoms with Crippen LogP contribution in [0.2, 0.25) is 10.0 Å². The molecule has 0 saturated heterocycles. The number of nitrogen functional groups attached to an aromatic ring is 1. The van der Waals surface area contributed by atoms with Crippen LogP contribution in [0.5, 0.6) is 0 Å². The van der Waals surface area contributed by atoms with E-state index in [0.29, 0.717) is 40.3 Å². The van der Waals surface area contributed by atoms with Gasteiger partial charge in [0.15, 0.2) is 11.6 Å². The first kappa shape index (κ1) is 68.2. The predicted molar refractivity (Wildman–Crippen MR) is 309 cm³/mol. The van der Waals surface area contributed by atoms with Gasteiger partial charge in [-0.2, -0.15) is 0 Å². The minimum atomic E-state index is -4.20. The monoisotopic (exact) mass is 1250 g/mol. The molecule has 28 heteroatoms. The third kappa shape index (κ3) is 18.2. The number of nitrogens with zero attached hydrogens (tertiary/aromatic N) is 2. The van der Waals surface area contributed by atoms with Crippen LogP contribution in [0.4, 0.5) is 28.8 Å². The maximum absolute atomic E-state index is 13.0. The number of ketones is 2. The number of sulfonamides is 2. The van der Waals surface area contributed by atoms with Crippen molar-refractivity contribution in [3.05, 3.63) is 141 Å². The summed E-state index contributed by atoms with van der Waals surface area (Å²) in [4.78, 5) is 49.4. The van der Waals surface area contributed by atoms with Crippen molar-refractivity contribution in [2.45, 2.75) is 98.3 Å². The van der Waals surface area contributed by atoms with Crippen LogP contribution in [-0.2, 0) is 45.6 Å².